The zero-order chi connectivity index (χ0) is 11.0. The predicted molar refractivity (Wildman–Crippen MR) is 60.8 cm³/mol. The molecule has 0 unspecified atom stereocenters. The number of hydrogen-bond donors (Lipinski definition) is 0. The quantitative estimate of drug-likeness (QED) is 0.588. The van der Waals surface area contributed by atoms with Gasteiger partial charge in [0.2, 0.25) is 0 Å². The maximum absolute atomic E-state index is 10.6. The van der Waals surface area contributed by atoms with Gasteiger partial charge in [0.05, 0.1) is 10.4 Å². The lowest BCUT2D eigenvalue weighted by molar-refractivity contribution is -0.385. The largest absolute Gasteiger partial charge is 0.288 e. The summed E-state index contributed by atoms with van der Waals surface area (Å²) in [4.78, 5) is 14.2. The molecule has 2 aromatic rings. The van der Waals surface area contributed by atoms with Gasteiger partial charge < -0.3 is 0 Å². The lowest BCUT2D eigenvalue weighted by atomic mass is 10.1. The molecule has 1 aromatic carbocycles. The second-order valence-electron chi connectivity index (χ2n) is 3.27. The first-order chi connectivity index (χ1) is 7.08. The molecule has 15 heavy (non-hydrogen) atoms. The average Bonchev–Trinajstić information content (AvgIpc) is 2.16. The van der Waals surface area contributed by atoms with Crippen molar-refractivity contribution in [1.82, 2.24) is 4.98 Å². The smallest absolute Gasteiger partial charge is 0.258 e. The van der Waals surface area contributed by atoms with Gasteiger partial charge in [-0.05, 0) is 40.5 Å². The van der Waals surface area contributed by atoms with Crippen molar-refractivity contribution in [3.63, 3.8) is 0 Å². The molecule has 0 N–H and O–H groups in total. The fourth-order valence-corrected chi connectivity index (χ4v) is 2.13. The first kappa shape index (κ1) is 10.0. The molecule has 4 nitrogen and oxygen atoms in total. The van der Waals surface area contributed by atoms with Crippen LogP contribution in [0.4, 0.5) is 5.69 Å². The Balaban J connectivity index is 2.76. The third-order valence-corrected chi connectivity index (χ3v) is 2.68. The molecule has 0 bridgehead atoms. The third kappa shape index (κ3) is 1.83. The highest BCUT2D eigenvalue weighted by molar-refractivity contribution is 9.10. The van der Waals surface area contributed by atoms with Crippen molar-refractivity contribution in [3.05, 3.63) is 44.5 Å². The van der Waals surface area contributed by atoms with Crippen LogP contribution in [0.25, 0.3) is 10.9 Å². The summed E-state index contributed by atoms with van der Waals surface area (Å²) >= 11 is 3.38. The molecule has 0 spiro atoms. The van der Waals surface area contributed by atoms with Crippen LogP contribution < -0.4 is 0 Å². The van der Waals surface area contributed by atoms with E-state index in [0.717, 1.165) is 20.9 Å². The van der Waals surface area contributed by atoms with E-state index >= 15 is 0 Å². The van der Waals surface area contributed by atoms with Crippen LogP contribution in [0.3, 0.4) is 0 Å². The number of halogens is 1. The van der Waals surface area contributed by atoms with Crippen molar-refractivity contribution in [2.45, 2.75) is 6.92 Å². The number of rotatable bonds is 1. The van der Waals surface area contributed by atoms with Crippen molar-refractivity contribution in [2.75, 3.05) is 0 Å². The molecule has 0 atom stereocenters. The lowest BCUT2D eigenvalue weighted by Gasteiger charge is -2.01. The Hall–Kier alpha value is -1.49. The van der Waals surface area contributed by atoms with E-state index in [4.69, 9.17) is 0 Å². The van der Waals surface area contributed by atoms with Gasteiger partial charge in [0, 0.05) is 15.9 Å². The predicted octanol–water partition coefficient (Wildman–Crippen LogP) is 3.21. The van der Waals surface area contributed by atoms with E-state index in [0.29, 0.717) is 0 Å². The Bertz CT molecular complexity index is 554. The number of benzene rings is 1. The second-order valence-corrected chi connectivity index (χ2v) is 4.12. The van der Waals surface area contributed by atoms with Crippen LogP contribution >= 0.6 is 15.9 Å². The highest BCUT2D eigenvalue weighted by Gasteiger charge is 2.09. The minimum absolute atomic E-state index is 0.0139. The number of aromatic nitrogens is 1. The van der Waals surface area contributed by atoms with E-state index in [-0.39, 0.29) is 5.69 Å². The number of fused-ring (bicyclic) bond motifs is 1. The number of pyridine rings is 1. The highest BCUT2D eigenvalue weighted by atomic mass is 79.9. The van der Waals surface area contributed by atoms with Gasteiger partial charge in [-0.3, -0.25) is 10.1 Å². The van der Waals surface area contributed by atoms with Crippen LogP contribution in [0.1, 0.15) is 5.56 Å². The Morgan fingerprint density at radius 2 is 2.13 bits per heavy atom. The summed E-state index contributed by atoms with van der Waals surface area (Å²) in [7, 11) is 0. The molecule has 1 aromatic heterocycles. The monoisotopic (exact) mass is 266 g/mol. The Morgan fingerprint density at radius 3 is 2.80 bits per heavy atom. The van der Waals surface area contributed by atoms with Crippen molar-refractivity contribution >= 4 is 32.5 Å². The van der Waals surface area contributed by atoms with Crippen LogP contribution in [0.5, 0.6) is 0 Å². The molecule has 76 valence electrons. The number of nitrogens with zero attached hydrogens (tertiary/aromatic N) is 2. The first-order valence-electron chi connectivity index (χ1n) is 4.28. The first-order valence-corrected chi connectivity index (χ1v) is 5.07. The standard InChI is InChI=1S/C10H7BrN2O2/c1-6-2-7-4-8(13(14)15)5-12-10(7)9(11)3-6/h2-5H,1H3. The van der Waals surface area contributed by atoms with Crippen LogP contribution in [0.15, 0.2) is 28.9 Å². The maximum Gasteiger partial charge on any atom is 0.288 e. The Labute approximate surface area is 94.2 Å². The minimum atomic E-state index is -0.442. The van der Waals surface area contributed by atoms with Gasteiger partial charge >= 0.3 is 0 Å². The summed E-state index contributed by atoms with van der Waals surface area (Å²) in [6.07, 6.45) is 1.27. The molecule has 0 aliphatic carbocycles. The maximum atomic E-state index is 10.6. The molecule has 0 radical (unpaired) electrons. The van der Waals surface area contributed by atoms with Gasteiger partial charge in [0.1, 0.15) is 6.20 Å². The van der Waals surface area contributed by atoms with Crippen molar-refractivity contribution < 1.29 is 4.92 Å². The molecule has 0 aliphatic rings. The fourth-order valence-electron chi connectivity index (χ4n) is 1.43. The molecule has 1 heterocycles. The highest BCUT2D eigenvalue weighted by Crippen LogP contribution is 2.26. The van der Waals surface area contributed by atoms with Crippen molar-refractivity contribution in [2.24, 2.45) is 0 Å². The molecular weight excluding hydrogens is 260 g/mol. The second kappa shape index (κ2) is 3.58. The van der Waals surface area contributed by atoms with Crippen LogP contribution in [-0.4, -0.2) is 9.91 Å². The van der Waals surface area contributed by atoms with Crippen LogP contribution in [-0.2, 0) is 0 Å². The topological polar surface area (TPSA) is 56.0 Å². The minimum Gasteiger partial charge on any atom is -0.258 e. The molecule has 0 fully saturated rings. The van der Waals surface area contributed by atoms with Crippen LogP contribution in [0, 0.1) is 17.0 Å². The molecule has 0 aliphatic heterocycles. The molecule has 5 heteroatoms. The van der Waals surface area contributed by atoms with E-state index in [1.807, 2.05) is 19.1 Å². The van der Waals surface area contributed by atoms with Gasteiger partial charge in [-0.2, -0.15) is 0 Å². The number of aryl methyl sites for hydroxylation is 1. The summed E-state index contributed by atoms with van der Waals surface area (Å²) in [5, 5.41) is 11.3. The fraction of sp³-hybridized carbons (Fsp3) is 0.100. The van der Waals surface area contributed by atoms with Gasteiger partial charge in [-0.15, -0.1) is 0 Å². The summed E-state index contributed by atoms with van der Waals surface area (Å²) in [5.74, 6) is 0. The van der Waals surface area contributed by atoms with E-state index in [1.54, 1.807) is 0 Å². The average molecular weight is 267 g/mol. The third-order valence-electron chi connectivity index (χ3n) is 2.08. The normalized spacial score (nSPS) is 10.5. The Morgan fingerprint density at radius 1 is 1.40 bits per heavy atom. The zero-order valence-electron chi connectivity index (χ0n) is 7.90. The van der Waals surface area contributed by atoms with Gasteiger partial charge in [-0.25, -0.2) is 4.98 Å². The summed E-state index contributed by atoms with van der Waals surface area (Å²) in [6.45, 7) is 1.93. The van der Waals surface area contributed by atoms with E-state index in [1.165, 1.54) is 12.3 Å². The molecule has 2 rings (SSSR count). The lowest BCUT2D eigenvalue weighted by Crippen LogP contribution is -1.90. The van der Waals surface area contributed by atoms with E-state index < -0.39 is 4.92 Å². The van der Waals surface area contributed by atoms with Gasteiger partial charge in [-0.1, -0.05) is 0 Å². The van der Waals surface area contributed by atoms with Crippen molar-refractivity contribution in [3.8, 4) is 0 Å². The molecule has 0 amide bonds. The van der Waals surface area contributed by atoms with Gasteiger partial charge in [0.15, 0.2) is 0 Å². The number of nitro groups is 1. The van der Waals surface area contributed by atoms with E-state index in [9.17, 15) is 10.1 Å². The zero-order valence-corrected chi connectivity index (χ0v) is 9.48. The summed E-state index contributed by atoms with van der Waals surface area (Å²) < 4.78 is 0.854. The number of hydrogen-bond acceptors (Lipinski definition) is 3. The summed E-state index contributed by atoms with van der Waals surface area (Å²) in [5.41, 5.74) is 1.79. The summed E-state index contributed by atoms with van der Waals surface area (Å²) in [6, 6.07) is 5.33. The molecule has 0 saturated heterocycles. The van der Waals surface area contributed by atoms with Crippen molar-refractivity contribution in [1.29, 1.82) is 0 Å². The SMILES string of the molecule is Cc1cc(Br)c2ncc([N+](=O)[O-])cc2c1. The van der Waals surface area contributed by atoms with E-state index in [2.05, 4.69) is 20.9 Å². The van der Waals surface area contributed by atoms with Crippen LogP contribution in [0.2, 0.25) is 0 Å². The molecular formula is C10H7BrN2O2. The van der Waals surface area contributed by atoms with Gasteiger partial charge in [0.25, 0.3) is 5.69 Å². The Kier molecular flexibility index (Phi) is 2.40. The molecule has 0 saturated carbocycles.